The lowest BCUT2D eigenvalue weighted by molar-refractivity contribution is -0.0450. The van der Waals surface area contributed by atoms with Gasteiger partial charge in [0.15, 0.2) is 0 Å². The summed E-state index contributed by atoms with van der Waals surface area (Å²) in [6, 6.07) is 0.727. The van der Waals surface area contributed by atoms with E-state index in [1.165, 1.54) is 19.3 Å². The maximum absolute atomic E-state index is 5.82. The number of hydrogen-bond acceptors (Lipinski definition) is 6. The first-order valence-corrected chi connectivity index (χ1v) is 8.16. The molecule has 0 saturated carbocycles. The first-order valence-electron chi connectivity index (χ1n) is 8.16. The Morgan fingerprint density at radius 2 is 2.19 bits per heavy atom. The molecule has 0 aromatic carbocycles. The highest BCUT2D eigenvalue weighted by Gasteiger charge is 2.29. The van der Waals surface area contributed by atoms with Crippen LogP contribution in [-0.2, 0) is 4.74 Å². The predicted octanol–water partition coefficient (Wildman–Crippen LogP) is 2.06. The van der Waals surface area contributed by atoms with Crippen molar-refractivity contribution in [3.8, 4) is 0 Å². The third-order valence-corrected chi connectivity index (χ3v) is 4.43. The second kappa shape index (κ2) is 6.85. The molecule has 2 fully saturated rings. The smallest absolute Gasteiger partial charge is 0.243 e. The van der Waals surface area contributed by atoms with Crippen molar-refractivity contribution < 1.29 is 9.26 Å². The summed E-state index contributed by atoms with van der Waals surface area (Å²) in [4.78, 5) is 7.00. The zero-order valence-electron chi connectivity index (χ0n) is 13.0. The summed E-state index contributed by atoms with van der Waals surface area (Å²) in [5, 5.41) is 7.66. The van der Waals surface area contributed by atoms with Crippen LogP contribution < -0.4 is 5.32 Å². The van der Waals surface area contributed by atoms with Crippen LogP contribution in [0.3, 0.4) is 0 Å². The molecule has 0 amide bonds. The van der Waals surface area contributed by atoms with Gasteiger partial charge in [-0.3, -0.25) is 4.90 Å². The SMILES string of the molecule is CC(C)N1CCOC(c2noc(C3CCCCCN3)n2)C1. The van der Waals surface area contributed by atoms with E-state index in [-0.39, 0.29) is 12.1 Å². The molecule has 2 unspecified atom stereocenters. The van der Waals surface area contributed by atoms with Crippen molar-refractivity contribution in [2.75, 3.05) is 26.2 Å². The number of hydrogen-bond donors (Lipinski definition) is 1. The average molecular weight is 294 g/mol. The van der Waals surface area contributed by atoms with Crippen molar-refractivity contribution in [2.24, 2.45) is 0 Å². The molecule has 0 aliphatic carbocycles. The van der Waals surface area contributed by atoms with Crippen LogP contribution >= 0.6 is 0 Å². The van der Waals surface area contributed by atoms with Crippen molar-refractivity contribution >= 4 is 0 Å². The zero-order valence-corrected chi connectivity index (χ0v) is 13.0. The van der Waals surface area contributed by atoms with Gasteiger partial charge in [0, 0.05) is 19.1 Å². The Morgan fingerprint density at radius 1 is 1.29 bits per heavy atom. The van der Waals surface area contributed by atoms with Crippen molar-refractivity contribution in [1.29, 1.82) is 0 Å². The van der Waals surface area contributed by atoms with Crippen molar-refractivity contribution in [1.82, 2.24) is 20.4 Å². The van der Waals surface area contributed by atoms with E-state index >= 15 is 0 Å². The van der Waals surface area contributed by atoms with Gasteiger partial charge < -0.3 is 14.6 Å². The Kier molecular flexibility index (Phi) is 4.87. The van der Waals surface area contributed by atoms with Crippen LogP contribution in [0.5, 0.6) is 0 Å². The van der Waals surface area contributed by atoms with Crippen LogP contribution in [0.4, 0.5) is 0 Å². The topological polar surface area (TPSA) is 63.4 Å². The first-order chi connectivity index (χ1) is 10.2. The number of rotatable bonds is 3. The van der Waals surface area contributed by atoms with Crippen LogP contribution in [0.2, 0.25) is 0 Å². The van der Waals surface area contributed by atoms with Gasteiger partial charge >= 0.3 is 0 Å². The second-order valence-electron chi connectivity index (χ2n) is 6.29. The van der Waals surface area contributed by atoms with Gasteiger partial charge in [0.25, 0.3) is 0 Å². The fourth-order valence-electron chi connectivity index (χ4n) is 3.05. The Bertz CT molecular complexity index is 441. The van der Waals surface area contributed by atoms with E-state index in [2.05, 4.69) is 34.2 Å². The van der Waals surface area contributed by atoms with Gasteiger partial charge in [0.05, 0.1) is 12.6 Å². The molecule has 0 bridgehead atoms. The maximum atomic E-state index is 5.82. The number of aromatic nitrogens is 2. The summed E-state index contributed by atoms with van der Waals surface area (Å²) >= 11 is 0. The van der Waals surface area contributed by atoms with Crippen molar-refractivity contribution in [3.63, 3.8) is 0 Å². The van der Waals surface area contributed by atoms with Gasteiger partial charge in [0.2, 0.25) is 11.7 Å². The van der Waals surface area contributed by atoms with Crippen LogP contribution in [0.25, 0.3) is 0 Å². The molecule has 1 aromatic heterocycles. The van der Waals surface area contributed by atoms with E-state index in [1.54, 1.807) is 0 Å². The van der Waals surface area contributed by atoms with E-state index in [1.807, 2.05) is 0 Å². The molecule has 2 aliphatic rings. The summed E-state index contributed by atoms with van der Waals surface area (Å²) in [6.45, 7) is 7.99. The molecule has 21 heavy (non-hydrogen) atoms. The minimum absolute atomic E-state index is 0.0653. The van der Waals surface area contributed by atoms with E-state index in [0.29, 0.717) is 11.9 Å². The Morgan fingerprint density at radius 3 is 3.05 bits per heavy atom. The summed E-state index contributed by atoms with van der Waals surface area (Å²) in [6.07, 6.45) is 4.73. The van der Waals surface area contributed by atoms with Crippen LogP contribution in [0.1, 0.15) is 63.4 Å². The predicted molar refractivity (Wildman–Crippen MR) is 78.9 cm³/mol. The molecule has 6 nitrogen and oxygen atoms in total. The molecule has 6 heteroatoms. The summed E-state index contributed by atoms with van der Waals surface area (Å²) < 4.78 is 11.3. The van der Waals surface area contributed by atoms with E-state index in [4.69, 9.17) is 9.26 Å². The van der Waals surface area contributed by atoms with Crippen LogP contribution in [0.15, 0.2) is 4.52 Å². The molecule has 1 N–H and O–H groups in total. The van der Waals surface area contributed by atoms with E-state index in [9.17, 15) is 0 Å². The van der Waals surface area contributed by atoms with Gasteiger partial charge in [-0.25, -0.2) is 0 Å². The minimum atomic E-state index is -0.0653. The summed E-state index contributed by atoms with van der Waals surface area (Å²) in [5.74, 6) is 1.42. The molecule has 1 aromatic rings. The van der Waals surface area contributed by atoms with Crippen LogP contribution in [0, 0.1) is 0 Å². The Balaban J connectivity index is 1.66. The lowest BCUT2D eigenvalue weighted by Gasteiger charge is -2.34. The largest absolute Gasteiger partial charge is 0.367 e. The second-order valence-corrected chi connectivity index (χ2v) is 6.29. The molecule has 2 saturated heterocycles. The highest BCUT2D eigenvalue weighted by atomic mass is 16.5. The Labute approximate surface area is 126 Å². The van der Waals surface area contributed by atoms with Crippen LogP contribution in [-0.4, -0.2) is 47.3 Å². The van der Waals surface area contributed by atoms with Crippen molar-refractivity contribution in [2.45, 2.75) is 57.7 Å². The summed E-state index contributed by atoms with van der Waals surface area (Å²) in [7, 11) is 0. The lowest BCUT2D eigenvalue weighted by Crippen LogP contribution is -2.42. The van der Waals surface area contributed by atoms with Gasteiger partial charge in [-0.15, -0.1) is 0 Å². The third kappa shape index (κ3) is 3.62. The highest BCUT2D eigenvalue weighted by Crippen LogP contribution is 2.25. The molecule has 2 atom stereocenters. The standard InChI is InChI=1S/C15H26N4O2/c1-11(2)19-8-9-20-13(10-19)14-17-15(21-18-14)12-6-4-3-5-7-16-12/h11-13,16H,3-10H2,1-2H3. The quantitative estimate of drug-likeness (QED) is 0.920. The monoisotopic (exact) mass is 294 g/mol. The first kappa shape index (κ1) is 14.9. The van der Waals surface area contributed by atoms with E-state index < -0.39 is 0 Å². The molecule has 3 rings (SSSR count). The van der Waals surface area contributed by atoms with Gasteiger partial charge in [0.1, 0.15) is 6.10 Å². The van der Waals surface area contributed by atoms with Crippen molar-refractivity contribution in [3.05, 3.63) is 11.7 Å². The fraction of sp³-hybridized carbons (Fsp3) is 0.867. The molecule has 0 spiro atoms. The maximum Gasteiger partial charge on any atom is 0.243 e. The third-order valence-electron chi connectivity index (χ3n) is 4.43. The number of ether oxygens (including phenoxy) is 1. The molecule has 3 heterocycles. The van der Waals surface area contributed by atoms with Gasteiger partial charge in [-0.05, 0) is 33.2 Å². The molecule has 2 aliphatic heterocycles. The molecule has 0 radical (unpaired) electrons. The molecule has 118 valence electrons. The Hall–Kier alpha value is -0.980. The normalized spacial score (nSPS) is 28.7. The van der Waals surface area contributed by atoms with Gasteiger partial charge in [-0.1, -0.05) is 18.0 Å². The molecular weight excluding hydrogens is 268 g/mol. The van der Waals surface area contributed by atoms with Gasteiger partial charge in [-0.2, -0.15) is 4.98 Å². The average Bonchev–Trinajstić information content (AvgIpc) is 2.83. The van der Waals surface area contributed by atoms with E-state index in [0.717, 1.165) is 38.6 Å². The number of nitrogens with one attached hydrogen (secondary N) is 1. The number of nitrogens with zero attached hydrogens (tertiary/aromatic N) is 3. The lowest BCUT2D eigenvalue weighted by atomic mass is 10.1. The zero-order chi connectivity index (χ0) is 14.7. The fourth-order valence-corrected chi connectivity index (χ4v) is 3.05. The number of morpholine rings is 1. The minimum Gasteiger partial charge on any atom is -0.367 e. The molecular formula is C15H26N4O2. The highest BCUT2D eigenvalue weighted by molar-refractivity contribution is 4.98. The summed E-state index contributed by atoms with van der Waals surface area (Å²) in [5.41, 5.74) is 0.